The summed E-state index contributed by atoms with van der Waals surface area (Å²) in [4.78, 5) is 10.9. The number of hydrogen-bond donors (Lipinski definition) is 0. The zero-order valence-electron chi connectivity index (χ0n) is 12.9. The second-order valence-corrected chi connectivity index (χ2v) is 6.64. The van der Waals surface area contributed by atoms with Gasteiger partial charge in [-0.25, -0.2) is 0 Å². The standard InChI is InChI=1S/C19H26O2/c20-14-21-18-13-7-12-17(15-8-3-1-4-9-15)19(18)16-10-5-2-6-11-16/h7,12-16H,1-6,8-11H2. The predicted molar refractivity (Wildman–Crippen MR) is 84.8 cm³/mol. The normalized spacial score (nSPS) is 21.1. The van der Waals surface area contributed by atoms with Crippen molar-refractivity contribution < 1.29 is 9.53 Å². The lowest BCUT2D eigenvalue weighted by Crippen LogP contribution is -2.13. The third-order valence-corrected chi connectivity index (χ3v) is 5.33. The van der Waals surface area contributed by atoms with Crippen molar-refractivity contribution in [2.75, 3.05) is 0 Å². The lowest BCUT2D eigenvalue weighted by Gasteiger charge is -2.30. The smallest absolute Gasteiger partial charge is 0.298 e. The van der Waals surface area contributed by atoms with Crippen molar-refractivity contribution in [3.8, 4) is 5.75 Å². The molecule has 0 amide bonds. The molecular formula is C19H26O2. The van der Waals surface area contributed by atoms with Crippen molar-refractivity contribution in [2.45, 2.75) is 76.0 Å². The van der Waals surface area contributed by atoms with Gasteiger partial charge in [0.05, 0.1) is 0 Å². The Balaban J connectivity index is 1.96. The first-order valence-electron chi connectivity index (χ1n) is 8.63. The van der Waals surface area contributed by atoms with Crippen LogP contribution >= 0.6 is 0 Å². The van der Waals surface area contributed by atoms with Crippen LogP contribution in [-0.2, 0) is 4.79 Å². The van der Waals surface area contributed by atoms with Crippen LogP contribution in [0.5, 0.6) is 5.75 Å². The Morgan fingerprint density at radius 1 is 0.857 bits per heavy atom. The van der Waals surface area contributed by atoms with E-state index >= 15 is 0 Å². The fraction of sp³-hybridized carbons (Fsp3) is 0.632. The van der Waals surface area contributed by atoms with Crippen molar-refractivity contribution in [1.82, 2.24) is 0 Å². The molecular weight excluding hydrogens is 260 g/mol. The van der Waals surface area contributed by atoms with Crippen LogP contribution in [-0.4, -0.2) is 6.47 Å². The zero-order valence-corrected chi connectivity index (χ0v) is 12.9. The molecule has 0 aromatic heterocycles. The van der Waals surface area contributed by atoms with Crippen LogP contribution in [0, 0.1) is 0 Å². The molecule has 0 bridgehead atoms. The summed E-state index contributed by atoms with van der Waals surface area (Å²) in [7, 11) is 0. The summed E-state index contributed by atoms with van der Waals surface area (Å²) in [5, 5.41) is 0. The quantitative estimate of drug-likeness (QED) is 0.700. The fourth-order valence-corrected chi connectivity index (χ4v) is 4.31. The van der Waals surface area contributed by atoms with Crippen LogP contribution in [0.2, 0.25) is 0 Å². The summed E-state index contributed by atoms with van der Waals surface area (Å²) >= 11 is 0. The van der Waals surface area contributed by atoms with Gasteiger partial charge in [-0.05, 0) is 49.1 Å². The molecule has 2 fully saturated rings. The van der Waals surface area contributed by atoms with Crippen LogP contribution < -0.4 is 4.74 Å². The van der Waals surface area contributed by atoms with E-state index in [2.05, 4.69) is 12.1 Å². The fourth-order valence-electron chi connectivity index (χ4n) is 4.31. The third kappa shape index (κ3) is 3.30. The van der Waals surface area contributed by atoms with E-state index < -0.39 is 0 Å². The summed E-state index contributed by atoms with van der Waals surface area (Å²) in [6.45, 7) is 0.590. The summed E-state index contributed by atoms with van der Waals surface area (Å²) in [6, 6.07) is 6.33. The molecule has 114 valence electrons. The summed E-state index contributed by atoms with van der Waals surface area (Å²) in [5.74, 6) is 2.08. The van der Waals surface area contributed by atoms with Crippen molar-refractivity contribution in [3.63, 3.8) is 0 Å². The Hall–Kier alpha value is -1.31. The summed E-state index contributed by atoms with van der Waals surface area (Å²) < 4.78 is 5.34. The molecule has 2 aliphatic carbocycles. The van der Waals surface area contributed by atoms with Crippen molar-refractivity contribution in [1.29, 1.82) is 0 Å². The minimum Gasteiger partial charge on any atom is -0.428 e. The van der Waals surface area contributed by atoms with E-state index in [0.717, 1.165) is 5.75 Å². The zero-order chi connectivity index (χ0) is 14.5. The first-order valence-corrected chi connectivity index (χ1v) is 8.63. The Labute approximate surface area is 127 Å². The molecule has 0 aliphatic heterocycles. The van der Waals surface area contributed by atoms with E-state index in [1.54, 1.807) is 0 Å². The average molecular weight is 286 g/mol. The number of carbonyl (C=O) groups excluding carboxylic acids is 1. The number of benzene rings is 1. The van der Waals surface area contributed by atoms with E-state index in [4.69, 9.17) is 4.74 Å². The number of carbonyl (C=O) groups is 1. The van der Waals surface area contributed by atoms with Gasteiger partial charge in [-0.3, -0.25) is 4.79 Å². The van der Waals surface area contributed by atoms with Gasteiger partial charge in [0.1, 0.15) is 5.75 Å². The predicted octanol–water partition coefficient (Wildman–Crippen LogP) is 5.32. The monoisotopic (exact) mass is 286 g/mol. The first kappa shape index (κ1) is 14.6. The van der Waals surface area contributed by atoms with Crippen LogP contribution in [0.4, 0.5) is 0 Å². The Morgan fingerprint density at radius 3 is 2.10 bits per heavy atom. The molecule has 0 unspecified atom stereocenters. The van der Waals surface area contributed by atoms with Crippen molar-refractivity contribution in [3.05, 3.63) is 29.3 Å². The van der Waals surface area contributed by atoms with Crippen molar-refractivity contribution in [2.24, 2.45) is 0 Å². The largest absolute Gasteiger partial charge is 0.428 e. The van der Waals surface area contributed by atoms with Crippen LogP contribution in [0.15, 0.2) is 18.2 Å². The topological polar surface area (TPSA) is 26.3 Å². The Bertz CT molecular complexity index is 468. The minimum atomic E-state index is 0.590. The second-order valence-electron chi connectivity index (χ2n) is 6.64. The van der Waals surface area contributed by atoms with Gasteiger partial charge in [0.15, 0.2) is 0 Å². The van der Waals surface area contributed by atoms with E-state index in [9.17, 15) is 4.79 Å². The highest BCUT2D eigenvalue weighted by atomic mass is 16.5. The molecule has 2 saturated carbocycles. The highest BCUT2D eigenvalue weighted by Gasteiger charge is 2.26. The highest BCUT2D eigenvalue weighted by Crippen LogP contribution is 2.44. The van der Waals surface area contributed by atoms with Gasteiger partial charge in [0.25, 0.3) is 6.47 Å². The highest BCUT2D eigenvalue weighted by molar-refractivity contribution is 5.52. The molecule has 2 aliphatic rings. The molecule has 3 rings (SSSR count). The number of ether oxygens (including phenoxy) is 1. The summed E-state index contributed by atoms with van der Waals surface area (Å²) in [5.41, 5.74) is 2.83. The van der Waals surface area contributed by atoms with E-state index in [-0.39, 0.29) is 0 Å². The number of rotatable bonds is 4. The van der Waals surface area contributed by atoms with E-state index in [1.807, 2.05) is 6.07 Å². The minimum absolute atomic E-state index is 0.590. The molecule has 0 heterocycles. The molecule has 21 heavy (non-hydrogen) atoms. The van der Waals surface area contributed by atoms with Gasteiger partial charge in [-0.2, -0.15) is 0 Å². The lowest BCUT2D eigenvalue weighted by atomic mass is 9.75. The van der Waals surface area contributed by atoms with Gasteiger partial charge in [-0.15, -0.1) is 0 Å². The summed E-state index contributed by atoms with van der Waals surface area (Å²) in [6.07, 6.45) is 13.1. The second kappa shape index (κ2) is 7.11. The molecule has 0 radical (unpaired) electrons. The maximum absolute atomic E-state index is 10.9. The molecule has 1 aromatic carbocycles. The molecule has 0 spiro atoms. The van der Waals surface area contributed by atoms with Crippen LogP contribution in [0.3, 0.4) is 0 Å². The van der Waals surface area contributed by atoms with Crippen LogP contribution in [0.25, 0.3) is 0 Å². The molecule has 2 nitrogen and oxygen atoms in total. The van der Waals surface area contributed by atoms with Gasteiger partial charge in [-0.1, -0.05) is 50.7 Å². The van der Waals surface area contributed by atoms with E-state index in [1.165, 1.54) is 75.3 Å². The van der Waals surface area contributed by atoms with Crippen LogP contribution in [0.1, 0.15) is 87.2 Å². The Morgan fingerprint density at radius 2 is 1.48 bits per heavy atom. The maximum Gasteiger partial charge on any atom is 0.298 e. The number of hydrogen-bond acceptors (Lipinski definition) is 2. The molecule has 0 atom stereocenters. The van der Waals surface area contributed by atoms with Crippen molar-refractivity contribution >= 4 is 6.47 Å². The van der Waals surface area contributed by atoms with Gasteiger partial charge in [0.2, 0.25) is 0 Å². The van der Waals surface area contributed by atoms with Gasteiger partial charge in [0, 0.05) is 5.56 Å². The molecule has 0 saturated heterocycles. The molecule has 1 aromatic rings. The first-order chi connectivity index (χ1) is 10.4. The Kier molecular flexibility index (Phi) is 4.95. The molecule has 2 heteroatoms. The maximum atomic E-state index is 10.9. The SMILES string of the molecule is O=COc1cccc(C2CCCCC2)c1C1CCCCC1. The van der Waals surface area contributed by atoms with E-state index in [0.29, 0.717) is 18.3 Å². The van der Waals surface area contributed by atoms with Gasteiger partial charge < -0.3 is 4.74 Å². The third-order valence-electron chi connectivity index (χ3n) is 5.33. The lowest BCUT2D eigenvalue weighted by molar-refractivity contribution is -0.120. The van der Waals surface area contributed by atoms with Gasteiger partial charge >= 0.3 is 0 Å². The molecule has 0 N–H and O–H groups in total. The average Bonchev–Trinajstić information content (AvgIpc) is 2.56.